The highest BCUT2D eigenvalue weighted by Gasteiger charge is 2.23. The molecule has 1 fully saturated rings. The number of nitrogens with one attached hydrogen (secondary N) is 1. The second kappa shape index (κ2) is 8.88. The SMILES string of the molecule is O=C(COc1ccc(Cl)cc1)NCC(c1ccccc1)N1CCCC1. The molecular weight excluding hydrogens is 336 g/mol. The quantitative estimate of drug-likeness (QED) is 0.821. The van der Waals surface area contributed by atoms with Crippen LogP contribution in [0.3, 0.4) is 0 Å². The van der Waals surface area contributed by atoms with Crippen molar-refractivity contribution in [2.75, 3.05) is 26.2 Å². The molecule has 1 unspecified atom stereocenters. The summed E-state index contributed by atoms with van der Waals surface area (Å²) in [5, 5.41) is 3.65. The Bertz CT molecular complexity index is 670. The van der Waals surface area contributed by atoms with Crippen molar-refractivity contribution in [2.24, 2.45) is 0 Å². The molecule has 1 amide bonds. The molecule has 0 aromatic heterocycles. The molecule has 2 aromatic carbocycles. The van der Waals surface area contributed by atoms with E-state index in [0.29, 0.717) is 17.3 Å². The first-order valence-electron chi connectivity index (χ1n) is 8.66. The number of nitrogens with zero attached hydrogens (tertiary/aromatic N) is 1. The molecule has 0 saturated carbocycles. The van der Waals surface area contributed by atoms with E-state index < -0.39 is 0 Å². The summed E-state index contributed by atoms with van der Waals surface area (Å²) in [6.07, 6.45) is 2.44. The van der Waals surface area contributed by atoms with E-state index in [4.69, 9.17) is 16.3 Å². The molecule has 2 aromatic rings. The van der Waals surface area contributed by atoms with Crippen molar-refractivity contribution in [3.05, 3.63) is 65.2 Å². The number of carbonyl (C=O) groups excluding carboxylic acids is 1. The normalized spacial score (nSPS) is 15.7. The van der Waals surface area contributed by atoms with Crippen LogP contribution >= 0.6 is 11.6 Å². The Kier molecular flexibility index (Phi) is 6.31. The van der Waals surface area contributed by atoms with Crippen LogP contribution in [0.25, 0.3) is 0 Å². The summed E-state index contributed by atoms with van der Waals surface area (Å²) in [6.45, 7) is 2.75. The number of benzene rings is 2. The van der Waals surface area contributed by atoms with E-state index in [1.54, 1.807) is 24.3 Å². The summed E-state index contributed by atoms with van der Waals surface area (Å²) in [6, 6.07) is 17.6. The zero-order valence-electron chi connectivity index (χ0n) is 14.2. The predicted octanol–water partition coefficient (Wildman–Crippen LogP) is 3.67. The smallest absolute Gasteiger partial charge is 0.258 e. The van der Waals surface area contributed by atoms with E-state index in [-0.39, 0.29) is 18.6 Å². The van der Waals surface area contributed by atoms with Gasteiger partial charge < -0.3 is 10.1 Å². The standard InChI is InChI=1S/C20H23ClN2O2/c21-17-8-10-18(11-9-17)25-15-20(24)22-14-19(23-12-4-5-13-23)16-6-2-1-3-7-16/h1-3,6-11,19H,4-5,12-15H2,(H,22,24). The van der Waals surface area contributed by atoms with Crippen molar-refractivity contribution in [3.63, 3.8) is 0 Å². The lowest BCUT2D eigenvalue weighted by molar-refractivity contribution is -0.123. The molecule has 0 bridgehead atoms. The minimum absolute atomic E-state index is 0.00312. The summed E-state index contributed by atoms with van der Waals surface area (Å²) in [5.41, 5.74) is 1.24. The maximum absolute atomic E-state index is 12.2. The Morgan fingerprint density at radius 1 is 1.08 bits per heavy atom. The number of hydrogen-bond acceptors (Lipinski definition) is 3. The van der Waals surface area contributed by atoms with Gasteiger partial charge in [0.15, 0.2) is 6.61 Å². The third-order valence-electron chi connectivity index (χ3n) is 4.44. The lowest BCUT2D eigenvalue weighted by Gasteiger charge is -2.28. The Balaban J connectivity index is 1.53. The lowest BCUT2D eigenvalue weighted by atomic mass is 10.1. The van der Waals surface area contributed by atoms with E-state index >= 15 is 0 Å². The highest BCUT2D eigenvalue weighted by Crippen LogP contribution is 2.24. The second-order valence-electron chi connectivity index (χ2n) is 6.22. The fourth-order valence-corrected chi connectivity index (χ4v) is 3.25. The van der Waals surface area contributed by atoms with Crippen LogP contribution in [0.4, 0.5) is 0 Å². The third-order valence-corrected chi connectivity index (χ3v) is 4.69. The fourth-order valence-electron chi connectivity index (χ4n) is 3.13. The molecule has 1 aliphatic rings. The number of likely N-dealkylation sites (tertiary alicyclic amines) is 1. The zero-order valence-corrected chi connectivity index (χ0v) is 14.9. The minimum atomic E-state index is -0.116. The first kappa shape index (κ1) is 17.8. The van der Waals surface area contributed by atoms with Crippen molar-refractivity contribution in [1.29, 1.82) is 0 Å². The maximum atomic E-state index is 12.2. The Morgan fingerprint density at radius 3 is 2.44 bits per heavy atom. The van der Waals surface area contributed by atoms with Crippen LogP contribution in [0.15, 0.2) is 54.6 Å². The molecule has 25 heavy (non-hydrogen) atoms. The number of halogens is 1. The van der Waals surface area contributed by atoms with Crippen molar-refractivity contribution >= 4 is 17.5 Å². The molecule has 132 valence electrons. The van der Waals surface area contributed by atoms with Gasteiger partial charge in [-0.1, -0.05) is 41.9 Å². The Hall–Kier alpha value is -2.04. The number of ether oxygens (including phenoxy) is 1. The van der Waals surface area contributed by atoms with Crippen molar-refractivity contribution in [3.8, 4) is 5.75 Å². The molecule has 1 saturated heterocycles. The van der Waals surface area contributed by atoms with E-state index in [9.17, 15) is 4.79 Å². The van der Waals surface area contributed by atoms with Crippen LogP contribution in [-0.4, -0.2) is 37.0 Å². The number of carbonyl (C=O) groups is 1. The van der Waals surface area contributed by atoms with E-state index in [0.717, 1.165) is 13.1 Å². The predicted molar refractivity (Wildman–Crippen MR) is 99.9 cm³/mol. The summed E-state index contributed by atoms with van der Waals surface area (Å²) in [7, 11) is 0. The summed E-state index contributed by atoms with van der Waals surface area (Å²) in [4.78, 5) is 14.6. The second-order valence-corrected chi connectivity index (χ2v) is 6.65. The lowest BCUT2D eigenvalue weighted by Crippen LogP contribution is -2.38. The van der Waals surface area contributed by atoms with Gasteiger partial charge in [-0.3, -0.25) is 9.69 Å². The first-order chi connectivity index (χ1) is 12.2. The van der Waals surface area contributed by atoms with E-state index in [1.165, 1.54) is 18.4 Å². The van der Waals surface area contributed by atoms with E-state index in [2.05, 4.69) is 22.3 Å². The number of hydrogen-bond donors (Lipinski definition) is 1. The average Bonchev–Trinajstić information content (AvgIpc) is 3.17. The van der Waals surface area contributed by atoms with Crippen LogP contribution in [0.2, 0.25) is 5.02 Å². The van der Waals surface area contributed by atoms with E-state index in [1.807, 2.05) is 18.2 Å². The Labute approximate surface area is 153 Å². The summed E-state index contributed by atoms with van der Waals surface area (Å²) >= 11 is 5.84. The van der Waals surface area contributed by atoms with Gasteiger partial charge in [-0.05, 0) is 55.8 Å². The Morgan fingerprint density at radius 2 is 1.76 bits per heavy atom. The van der Waals surface area contributed by atoms with Gasteiger partial charge >= 0.3 is 0 Å². The minimum Gasteiger partial charge on any atom is -0.484 e. The van der Waals surface area contributed by atoms with Crippen molar-refractivity contribution < 1.29 is 9.53 Å². The van der Waals surface area contributed by atoms with Gasteiger partial charge in [0.05, 0.1) is 6.04 Å². The highest BCUT2D eigenvalue weighted by molar-refractivity contribution is 6.30. The molecule has 3 rings (SSSR count). The molecule has 0 spiro atoms. The number of rotatable bonds is 7. The molecule has 0 radical (unpaired) electrons. The van der Waals surface area contributed by atoms with Gasteiger partial charge in [0.25, 0.3) is 5.91 Å². The number of amides is 1. The summed E-state index contributed by atoms with van der Waals surface area (Å²) < 4.78 is 5.50. The average molecular weight is 359 g/mol. The van der Waals surface area contributed by atoms with Crippen LogP contribution in [0.5, 0.6) is 5.75 Å². The molecule has 4 nitrogen and oxygen atoms in total. The van der Waals surface area contributed by atoms with Gasteiger partial charge in [-0.2, -0.15) is 0 Å². The molecule has 1 N–H and O–H groups in total. The zero-order chi connectivity index (χ0) is 17.5. The fraction of sp³-hybridized carbons (Fsp3) is 0.350. The van der Waals surface area contributed by atoms with Crippen LogP contribution in [0, 0.1) is 0 Å². The topological polar surface area (TPSA) is 41.6 Å². The molecule has 5 heteroatoms. The van der Waals surface area contributed by atoms with Crippen LogP contribution in [-0.2, 0) is 4.79 Å². The van der Waals surface area contributed by atoms with Crippen LogP contribution < -0.4 is 10.1 Å². The molecule has 1 aliphatic heterocycles. The van der Waals surface area contributed by atoms with Crippen LogP contribution in [0.1, 0.15) is 24.4 Å². The van der Waals surface area contributed by atoms with Gasteiger partial charge in [0, 0.05) is 11.6 Å². The largest absolute Gasteiger partial charge is 0.484 e. The molecule has 0 aliphatic carbocycles. The third kappa shape index (κ3) is 5.21. The maximum Gasteiger partial charge on any atom is 0.258 e. The van der Waals surface area contributed by atoms with Gasteiger partial charge in [-0.15, -0.1) is 0 Å². The highest BCUT2D eigenvalue weighted by atomic mass is 35.5. The first-order valence-corrected chi connectivity index (χ1v) is 9.04. The monoisotopic (exact) mass is 358 g/mol. The molecule has 1 atom stereocenters. The molecular formula is C20H23ClN2O2. The molecule has 1 heterocycles. The van der Waals surface area contributed by atoms with Gasteiger partial charge in [-0.25, -0.2) is 0 Å². The van der Waals surface area contributed by atoms with Crippen molar-refractivity contribution in [1.82, 2.24) is 10.2 Å². The van der Waals surface area contributed by atoms with Gasteiger partial charge in [0.2, 0.25) is 0 Å². The summed E-state index contributed by atoms with van der Waals surface area (Å²) in [5.74, 6) is 0.522. The van der Waals surface area contributed by atoms with Gasteiger partial charge in [0.1, 0.15) is 5.75 Å². The van der Waals surface area contributed by atoms with Crippen molar-refractivity contribution in [2.45, 2.75) is 18.9 Å².